The first kappa shape index (κ1) is 23.3. The van der Waals surface area contributed by atoms with Crippen molar-refractivity contribution in [3.8, 4) is 5.75 Å². The number of aryl methyl sites for hydroxylation is 1. The predicted octanol–water partition coefficient (Wildman–Crippen LogP) is 5.33. The Morgan fingerprint density at radius 2 is 1.84 bits per heavy atom. The SMILES string of the molecule is CC(=O)N(c1nc(COC(=O)Cc2ccc(OC(F)F)cc2)cs1)c1cccc(C)c1C. The fourth-order valence-electron chi connectivity index (χ4n) is 3.01. The van der Waals surface area contributed by atoms with Crippen molar-refractivity contribution in [3.05, 3.63) is 70.2 Å². The van der Waals surface area contributed by atoms with Crippen LogP contribution in [-0.4, -0.2) is 23.5 Å². The van der Waals surface area contributed by atoms with Gasteiger partial charge in [-0.05, 0) is 48.7 Å². The molecule has 6 nitrogen and oxygen atoms in total. The van der Waals surface area contributed by atoms with Gasteiger partial charge in [-0.15, -0.1) is 11.3 Å². The number of hydrogen-bond acceptors (Lipinski definition) is 6. The highest BCUT2D eigenvalue weighted by Gasteiger charge is 2.20. The summed E-state index contributed by atoms with van der Waals surface area (Å²) < 4.78 is 34.0. The van der Waals surface area contributed by atoms with E-state index in [-0.39, 0.29) is 24.7 Å². The summed E-state index contributed by atoms with van der Waals surface area (Å²) in [7, 11) is 0. The standard InChI is InChI=1S/C23H22F2N2O4S/c1-14-5-4-6-20(15(14)2)27(16(3)28)23-26-18(13-32-23)12-30-21(29)11-17-7-9-19(10-8-17)31-22(24)25/h4-10,13,22H,11-12H2,1-3H3. The molecule has 0 aliphatic carbocycles. The molecule has 168 valence electrons. The van der Waals surface area contributed by atoms with Gasteiger partial charge in [-0.3, -0.25) is 14.5 Å². The highest BCUT2D eigenvalue weighted by molar-refractivity contribution is 7.14. The van der Waals surface area contributed by atoms with Crippen LogP contribution in [0, 0.1) is 13.8 Å². The lowest BCUT2D eigenvalue weighted by Crippen LogP contribution is -2.23. The number of amides is 1. The van der Waals surface area contributed by atoms with Crippen LogP contribution in [0.25, 0.3) is 0 Å². The molecular weight excluding hydrogens is 438 g/mol. The van der Waals surface area contributed by atoms with E-state index < -0.39 is 12.6 Å². The second kappa shape index (κ2) is 10.3. The van der Waals surface area contributed by atoms with Crippen LogP contribution in [0.5, 0.6) is 5.75 Å². The van der Waals surface area contributed by atoms with E-state index in [9.17, 15) is 18.4 Å². The Kier molecular flexibility index (Phi) is 7.53. The molecule has 3 aromatic rings. The molecule has 0 N–H and O–H groups in total. The van der Waals surface area contributed by atoms with Gasteiger partial charge in [0.1, 0.15) is 12.4 Å². The lowest BCUT2D eigenvalue weighted by Gasteiger charge is -2.21. The molecule has 3 rings (SSSR count). The van der Waals surface area contributed by atoms with Crippen LogP contribution >= 0.6 is 11.3 Å². The lowest BCUT2D eigenvalue weighted by atomic mass is 10.1. The largest absolute Gasteiger partial charge is 0.459 e. The fourth-order valence-corrected chi connectivity index (χ4v) is 3.88. The minimum Gasteiger partial charge on any atom is -0.459 e. The lowest BCUT2D eigenvalue weighted by molar-refractivity contribution is -0.144. The van der Waals surface area contributed by atoms with Crippen molar-refractivity contribution >= 4 is 34.0 Å². The highest BCUT2D eigenvalue weighted by Crippen LogP contribution is 2.32. The van der Waals surface area contributed by atoms with Gasteiger partial charge < -0.3 is 9.47 Å². The van der Waals surface area contributed by atoms with Crippen molar-refractivity contribution in [1.82, 2.24) is 4.98 Å². The van der Waals surface area contributed by atoms with Crippen LogP contribution < -0.4 is 9.64 Å². The summed E-state index contributed by atoms with van der Waals surface area (Å²) in [5.41, 5.74) is 3.93. The first-order valence-corrected chi connectivity index (χ1v) is 10.6. The van der Waals surface area contributed by atoms with E-state index in [1.807, 2.05) is 32.0 Å². The van der Waals surface area contributed by atoms with Gasteiger partial charge in [0.2, 0.25) is 5.91 Å². The number of rotatable bonds is 8. The Balaban J connectivity index is 1.62. The Labute approximate surface area is 188 Å². The Bertz CT molecular complexity index is 1100. The number of benzene rings is 2. The van der Waals surface area contributed by atoms with Crippen molar-refractivity contribution < 1.29 is 27.8 Å². The van der Waals surface area contributed by atoms with Gasteiger partial charge in [0.05, 0.1) is 17.8 Å². The number of alkyl halides is 2. The second-order valence-electron chi connectivity index (χ2n) is 7.05. The van der Waals surface area contributed by atoms with Crippen molar-refractivity contribution in [3.63, 3.8) is 0 Å². The quantitative estimate of drug-likeness (QED) is 0.425. The molecule has 9 heteroatoms. The van der Waals surface area contributed by atoms with E-state index in [1.54, 1.807) is 10.3 Å². The van der Waals surface area contributed by atoms with Gasteiger partial charge in [-0.2, -0.15) is 8.78 Å². The predicted molar refractivity (Wildman–Crippen MR) is 117 cm³/mol. The summed E-state index contributed by atoms with van der Waals surface area (Å²) in [6.45, 7) is 2.45. The normalized spacial score (nSPS) is 10.8. The maximum atomic E-state index is 12.3. The summed E-state index contributed by atoms with van der Waals surface area (Å²) in [5, 5.41) is 2.23. The summed E-state index contributed by atoms with van der Waals surface area (Å²) >= 11 is 1.28. The zero-order valence-corrected chi connectivity index (χ0v) is 18.6. The maximum absolute atomic E-state index is 12.3. The van der Waals surface area contributed by atoms with E-state index in [0.29, 0.717) is 16.4 Å². The summed E-state index contributed by atoms with van der Waals surface area (Å²) in [6, 6.07) is 11.5. The smallest absolute Gasteiger partial charge is 0.387 e. The molecule has 0 saturated heterocycles. The van der Waals surface area contributed by atoms with E-state index in [0.717, 1.165) is 16.8 Å². The zero-order valence-electron chi connectivity index (χ0n) is 17.8. The van der Waals surface area contributed by atoms with Crippen LogP contribution in [0.1, 0.15) is 29.3 Å². The number of esters is 1. The highest BCUT2D eigenvalue weighted by atomic mass is 32.1. The third-order valence-corrected chi connectivity index (χ3v) is 5.62. The van der Waals surface area contributed by atoms with Crippen molar-refractivity contribution in [2.45, 2.75) is 40.4 Å². The maximum Gasteiger partial charge on any atom is 0.387 e. The van der Waals surface area contributed by atoms with Crippen molar-refractivity contribution in [1.29, 1.82) is 0 Å². The van der Waals surface area contributed by atoms with E-state index >= 15 is 0 Å². The van der Waals surface area contributed by atoms with Crippen LogP contribution in [0.4, 0.5) is 19.6 Å². The fraction of sp³-hybridized carbons (Fsp3) is 0.261. The number of carbonyl (C=O) groups is 2. The monoisotopic (exact) mass is 460 g/mol. The molecule has 1 amide bonds. The third kappa shape index (κ3) is 5.88. The average molecular weight is 461 g/mol. The van der Waals surface area contributed by atoms with Crippen molar-refractivity contribution in [2.24, 2.45) is 0 Å². The van der Waals surface area contributed by atoms with Crippen LogP contribution in [-0.2, 0) is 27.4 Å². The third-order valence-electron chi connectivity index (χ3n) is 4.74. The summed E-state index contributed by atoms with van der Waals surface area (Å²) in [6.07, 6.45) is -0.0198. The number of aromatic nitrogens is 1. The van der Waals surface area contributed by atoms with Gasteiger partial charge in [0.15, 0.2) is 5.13 Å². The number of nitrogens with zero attached hydrogens (tertiary/aromatic N) is 2. The second-order valence-corrected chi connectivity index (χ2v) is 7.89. The molecule has 0 aliphatic rings. The number of thiazole rings is 1. The topological polar surface area (TPSA) is 68.7 Å². The van der Waals surface area contributed by atoms with Gasteiger partial charge in [-0.25, -0.2) is 4.98 Å². The molecule has 0 saturated carbocycles. The molecule has 1 heterocycles. The van der Waals surface area contributed by atoms with E-state index in [1.165, 1.54) is 42.5 Å². The number of anilines is 2. The number of halogens is 2. The molecule has 0 bridgehead atoms. The first-order chi connectivity index (χ1) is 15.2. The minimum absolute atomic E-state index is 0.0194. The van der Waals surface area contributed by atoms with Crippen LogP contribution in [0.2, 0.25) is 0 Å². The Hall–Kier alpha value is -3.33. The molecule has 0 unspecified atom stereocenters. The molecule has 0 atom stereocenters. The molecule has 0 spiro atoms. The van der Waals surface area contributed by atoms with Crippen LogP contribution in [0.15, 0.2) is 47.8 Å². The summed E-state index contributed by atoms with van der Waals surface area (Å²) in [4.78, 5) is 30.5. The molecule has 32 heavy (non-hydrogen) atoms. The van der Waals surface area contributed by atoms with E-state index in [4.69, 9.17) is 4.74 Å². The molecule has 2 aromatic carbocycles. The number of ether oxygens (including phenoxy) is 2. The van der Waals surface area contributed by atoms with Crippen LogP contribution in [0.3, 0.4) is 0 Å². The average Bonchev–Trinajstić information content (AvgIpc) is 3.19. The van der Waals surface area contributed by atoms with Gasteiger partial charge in [-0.1, -0.05) is 24.3 Å². The van der Waals surface area contributed by atoms with Crippen molar-refractivity contribution in [2.75, 3.05) is 4.90 Å². The summed E-state index contributed by atoms with van der Waals surface area (Å²) in [5.74, 6) is -0.637. The van der Waals surface area contributed by atoms with Gasteiger partial charge in [0.25, 0.3) is 0 Å². The number of carbonyl (C=O) groups excluding carboxylic acids is 2. The van der Waals surface area contributed by atoms with Gasteiger partial charge >= 0.3 is 12.6 Å². The number of hydrogen-bond donors (Lipinski definition) is 0. The molecule has 0 fully saturated rings. The Morgan fingerprint density at radius 3 is 2.50 bits per heavy atom. The minimum atomic E-state index is -2.90. The van der Waals surface area contributed by atoms with Gasteiger partial charge in [0, 0.05) is 12.3 Å². The van der Waals surface area contributed by atoms with E-state index in [2.05, 4.69) is 9.72 Å². The molecule has 1 aromatic heterocycles. The molecule has 0 aliphatic heterocycles. The molecular formula is C23H22F2N2O4S. The zero-order chi connectivity index (χ0) is 23.3. The molecule has 0 radical (unpaired) electrons. The Morgan fingerprint density at radius 1 is 1.12 bits per heavy atom. The first-order valence-electron chi connectivity index (χ1n) is 9.75.